The number of imidazole rings is 1. The van der Waals surface area contributed by atoms with E-state index in [0.717, 1.165) is 22.5 Å². The standard InChI is InChI=1S/C23H21N3O2/c1-16-11-12-21-24-20(13-17-7-4-3-5-8-17)22(26(21)15-16)25-23(27)18-9-6-10-19(14-18)28-2/h3-12,14-15H,13H2,1-2H3,(H,25,27). The lowest BCUT2D eigenvalue weighted by molar-refractivity contribution is 0.102. The third-order valence-electron chi connectivity index (χ3n) is 4.62. The van der Waals surface area contributed by atoms with Crippen LogP contribution in [0.4, 0.5) is 5.82 Å². The van der Waals surface area contributed by atoms with E-state index in [9.17, 15) is 4.79 Å². The van der Waals surface area contributed by atoms with Crippen molar-refractivity contribution in [3.63, 3.8) is 0 Å². The van der Waals surface area contributed by atoms with Gasteiger partial charge in [-0.1, -0.05) is 42.5 Å². The maximum Gasteiger partial charge on any atom is 0.256 e. The number of nitrogens with zero attached hydrogens (tertiary/aromatic N) is 2. The highest BCUT2D eigenvalue weighted by Crippen LogP contribution is 2.23. The number of carbonyl (C=O) groups excluding carboxylic acids is 1. The summed E-state index contributed by atoms with van der Waals surface area (Å²) in [4.78, 5) is 17.7. The average molecular weight is 371 g/mol. The maximum absolute atomic E-state index is 12.9. The lowest BCUT2D eigenvalue weighted by Crippen LogP contribution is -2.15. The van der Waals surface area contributed by atoms with Crippen LogP contribution in [0.15, 0.2) is 72.9 Å². The van der Waals surface area contributed by atoms with Gasteiger partial charge in [-0.15, -0.1) is 0 Å². The molecule has 0 spiro atoms. The van der Waals surface area contributed by atoms with Crippen LogP contribution in [-0.2, 0) is 6.42 Å². The van der Waals surface area contributed by atoms with Crippen molar-refractivity contribution in [3.8, 4) is 5.75 Å². The second kappa shape index (κ2) is 7.56. The van der Waals surface area contributed by atoms with Gasteiger partial charge in [-0.05, 0) is 42.3 Å². The zero-order chi connectivity index (χ0) is 19.5. The predicted molar refractivity (Wildman–Crippen MR) is 110 cm³/mol. The summed E-state index contributed by atoms with van der Waals surface area (Å²) in [5, 5.41) is 3.05. The molecule has 0 aliphatic heterocycles. The van der Waals surface area contributed by atoms with Gasteiger partial charge in [0.1, 0.15) is 17.2 Å². The number of amides is 1. The molecule has 2 aromatic carbocycles. The highest BCUT2D eigenvalue weighted by atomic mass is 16.5. The van der Waals surface area contributed by atoms with Crippen molar-refractivity contribution in [2.45, 2.75) is 13.3 Å². The van der Waals surface area contributed by atoms with Gasteiger partial charge >= 0.3 is 0 Å². The van der Waals surface area contributed by atoms with E-state index in [4.69, 9.17) is 9.72 Å². The van der Waals surface area contributed by atoms with E-state index in [2.05, 4.69) is 17.4 Å². The molecule has 0 unspecified atom stereocenters. The Kier molecular flexibility index (Phi) is 4.81. The smallest absolute Gasteiger partial charge is 0.256 e. The Morgan fingerprint density at radius 3 is 2.68 bits per heavy atom. The van der Waals surface area contributed by atoms with Crippen molar-refractivity contribution in [1.82, 2.24) is 9.38 Å². The summed E-state index contributed by atoms with van der Waals surface area (Å²) in [5.74, 6) is 1.14. The number of fused-ring (bicyclic) bond motifs is 1. The minimum atomic E-state index is -0.198. The Morgan fingerprint density at radius 1 is 1.07 bits per heavy atom. The fraction of sp³-hybridized carbons (Fsp3) is 0.130. The topological polar surface area (TPSA) is 55.6 Å². The van der Waals surface area contributed by atoms with Crippen LogP contribution in [0, 0.1) is 6.92 Å². The van der Waals surface area contributed by atoms with E-state index in [1.807, 2.05) is 53.9 Å². The number of carbonyl (C=O) groups is 1. The molecular weight excluding hydrogens is 350 g/mol. The summed E-state index contributed by atoms with van der Waals surface area (Å²) in [6.07, 6.45) is 2.62. The van der Waals surface area contributed by atoms with Gasteiger partial charge in [-0.2, -0.15) is 0 Å². The molecule has 28 heavy (non-hydrogen) atoms. The summed E-state index contributed by atoms with van der Waals surface area (Å²) in [6.45, 7) is 2.02. The number of aromatic nitrogens is 2. The normalized spacial score (nSPS) is 10.8. The van der Waals surface area contributed by atoms with Crippen LogP contribution in [0.1, 0.15) is 27.2 Å². The lowest BCUT2D eigenvalue weighted by atomic mass is 10.1. The number of ether oxygens (including phenoxy) is 1. The van der Waals surface area contributed by atoms with E-state index in [-0.39, 0.29) is 5.91 Å². The highest BCUT2D eigenvalue weighted by Gasteiger charge is 2.17. The molecule has 2 aromatic heterocycles. The highest BCUT2D eigenvalue weighted by molar-refractivity contribution is 6.04. The summed E-state index contributed by atoms with van der Waals surface area (Å²) in [6, 6.07) is 21.2. The summed E-state index contributed by atoms with van der Waals surface area (Å²) < 4.78 is 7.17. The molecular formula is C23H21N3O2. The SMILES string of the molecule is COc1cccc(C(=O)Nc2c(Cc3ccccc3)nc3ccc(C)cn23)c1. The molecule has 0 aliphatic carbocycles. The molecule has 0 atom stereocenters. The Morgan fingerprint density at radius 2 is 1.89 bits per heavy atom. The number of pyridine rings is 1. The number of benzene rings is 2. The third-order valence-corrected chi connectivity index (χ3v) is 4.62. The molecule has 0 fully saturated rings. The zero-order valence-corrected chi connectivity index (χ0v) is 15.8. The second-order valence-electron chi connectivity index (χ2n) is 6.69. The first-order chi connectivity index (χ1) is 13.6. The molecule has 0 aliphatic rings. The first kappa shape index (κ1) is 17.8. The van der Waals surface area contributed by atoms with Gasteiger partial charge in [0.25, 0.3) is 5.91 Å². The van der Waals surface area contributed by atoms with Gasteiger partial charge in [0, 0.05) is 18.2 Å². The number of anilines is 1. The largest absolute Gasteiger partial charge is 0.497 e. The van der Waals surface area contributed by atoms with Crippen LogP contribution in [-0.4, -0.2) is 22.4 Å². The Bertz CT molecular complexity index is 1130. The van der Waals surface area contributed by atoms with E-state index in [1.54, 1.807) is 25.3 Å². The molecule has 0 saturated heterocycles. The molecule has 0 radical (unpaired) electrons. The fourth-order valence-electron chi connectivity index (χ4n) is 3.19. The fourth-order valence-corrected chi connectivity index (χ4v) is 3.19. The van der Waals surface area contributed by atoms with Crippen molar-refractivity contribution in [1.29, 1.82) is 0 Å². The van der Waals surface area contributed by atoms with Crippen LogP contribution < -0.4 is 10.1 Å². The number of hydrogen-bond acceptors (Lipinski definition) is 3. The van der Waals surface area contributed by atoms with Crippen LogP contribution in [0.5, 0.6) is 5.75 Å². The van der Waals surface area contributed by atoms with Gasteiger partial charge in [0.15, 0.2) is 0 Å². The number of rotatable bonds is 5. The van der Waals surface area contributed by atoms with Gasteiger partial charge in [0.05, 0.1) is 12.8 Å². The van der Waals surface area contributed by atoms with Crippen LogP contribution in [0.2, 0.25) is 0 Å². The van der Waals surface area contributed by atoms with Gasteiger partial charge in [0.2, 0.25) is 0 Å². The van der Waals surface area contributed by atoms with Crippen molar-refractivity contribution < 1.29 is 9.53 Å². The summed E-state index contributed by atoms with van der Waals surface area (Å²) in [5.41, 5.74) is 4.39. The van der Waals surface area contributed by atoms with Crippen LogP contribution >= 0.6 is 0 Å². The third kappa shape index (κ3) is 3.60. The van der Waals surface area contributed by atoms with Crippen LogP contribution in [0.25, 0.3) is 5.65 Å². The molecule has 4 aromatic rings. The predicted octanol–water partition coefficient (Wildman–Crippen LogP) is 4.49. The van der Waals surface area contributed by atoms with Crippen molar-refractivity contribution >= 4 is 17.4 Å². The Hall–Kier alpha value is -3.60. The van der Waals surface area contributed by atoms with Crippen molar-refractivity contribution in [2.75, 3.05) is 12.4 Å². The number of methoxy groups -OCH3 is 1. The van der Waals surface area contributed by atoms with E-state index >= 15 is 0 Å². The molecule has 4 rings (SSSR count). The first-order valence-corrected chi connectivity index (χ1v) is 9.11. The molecule has 1 N–H and O–H groups in total. The number of aryl methyl sites for hydroxylation is 1. The first-order valence-electron chi connectivity index (χ1n) is 9.11. The monoisotopic (exact) mass is 371 g/mol. The minimum absolute atomic E-state index is 0.198. The van der Waals surface area contributed by atoms with E-state index in [1.165, 1.54) is 0 Å². The lowest BCUT2D eigenvalue weighted by Gasteiger charge is -2.09. The summed E-state index contributed by atoms with van der Waals surface area (Å²) >= 11 is 0. The number of hydrogen-bond donors (Lipinski definition) is 1. The second-order valence-corrected chi connectivity index (χ2v) is 6.69. The molecule has 1 amide bonds. The molecule has 0 bridgehead atoms. The quantitative estimate of drug-likeness (QED) is 0.562. The van der Waals surface area contributed by atoms with E-state index < -0.39 is 0 Å². The zero-order valence-electron chi connectivity index (χ0n) is 15.8. The van der Waals surface area contributed by atoms with E-state index in [0.29, 0.717) is 23.6 Å². The molecule has 2 heterocycles. The molecule has 5 nitrogen and oxygen atoms in total. The summed E-state index contributed by atoms with van der Waals surface area (Å²) in [7, 11) is 1.59. The van der Waals surface area contributed by atoms with Gasteiger partial charge < -0.3 is 10.1 Å². The Balaban J connectivity index is 1.74. The van der Waals surface area contributed by atoms with Gasteiger partial charge in [-0.3, -0.25) is 9.20 Å². The average Bonchev–Trinajstić information content (AvgIpc) is 3.05. The maximum atomic E-state index is 12.9. The minimum Gasteiger partial charge on any atom is -0.497 e. The van der Waals surface area contributed by atoms with Crippen LogP contribution in [0.3, 0.4) is 0 Å². The van der Waals surface area contributed by atoms with Gasteiger partial charge in [-0.25, -0.2) is 4.98 Å². The number of nitrogens with one attached hydrogen (secondary N) is 1. The van der Waals surface area contributed by atoms with Crippen molar-refractivity contribution in [3.05, 3.63) is 95.3 Å². The molecule has 5 heteroatoms. The van der Waals surface area contributed by atoms with Crippen molar-refractivity contribution in [2.24, 2.45) is 0 Å². The molecule has 140 valence electrons. The Labute approximate surface area is 163 Å². The molecule has 0 saturated carbocycles.